The normalized spacial score (nSPS) is 10.2. The molecule has 2 aromatic carbocycles. The van der Waals surface area contributed by atoms with Crippen LogP contribution in [0.15, 0.2) is 42.5 Å². The molecule has 2 rings (SSSR count). The van der Waals surface area contributed by atoms with Gasteiger partial charge in [0.05, 0.1) is 0 Å². The molecule has 0 fully saturated rings. The summed E-state index contributed by atoms with van der Waals surface area (Å²) in [4.78, 5) is 13.8. The van der Waals surface area contributed by atoms with Crippen LogP contribution in [0.5, 0.6) is 0 Å². The minimum absolute atomic E-state index is 0.198. The quantitative estimate of drug-likeness (QED) is 0.667. The lowest BCUT2D eigenvalue weighted by Crippen LogP contribution is -2.27. The second-order valence-corrected chi connectivity index (χ2v) is 4.52. The van der Waals surface area contributed by atoms with Crippen LogP contribution in [0.4, 0.5) is 15.8 Å². The molecular weight excluding hydrogens is 257 g/mol. The number of rotatable bonds is 3. The Morgan fingerprint density at radius 1 is 1.25 bits per heavy atom. The van der Waals surface area contributed by atoms with Gasteiger partial charge >= 0.3 is 0 Å². The van der Waals surface area contributed by atoms with Gasteiger partial charge in [0.25, 0.3) is 5.91 Å². The predicted octanol–water partition coefficient (Wildman–Crippen LogP) is 2.70. The van der Waals surface area contributed by atoms with Crippen LogP contribution in [0.1, 0.15) is 15.9 Å². The molecule has 0 bridgehead atoms. The summed E-state index contributed by atoms with van der Waals surface area (Å²) in [6, 6.07) is 11.1. The molecule has 4 nitrogen and oxygen atoms in total. The van der Waals surface area contributed by atoms with Gasteiger partial charge in [0, 0.05) is 24.0 Å². The zero-order valence-electron chi connectivity index (χ0n) is 11.4. The summed E-state index contributed by atoms with van der Waals surface area (Å²) in [6.45, 7) is 1.83. The topological polar surface area (TPSA) is 58.4 Å². The van der Waals surface area contributed by atoms with Crippen LogP contribution in [0, 0.1) is 12.7 Å². The minimum atomic E-state index is -0.374. The highest BCUT2D eigenvalue weighted by Crippen LogP contribution is 2.20. The molecule has 5 heteroatoms. The fraction of sp³-hybridized carbons (Fsp3) is 0.133. The average Bonchev–Trinajstić information content (AvgIpc) is 2.45. The lowest BCUT2D eigenvalue weighted by Gasteiger charge is -2.19. The number of halogens is 1. The monoisotopic (exact) mass is 273 g/mol. The first kappa shape index (κ1) is 14.0. The number of nitrogens with one attached hydrogen (secondary N) is 1. The van der Waals surface area contributed by atoms with Gasteiger partial charge < -0.3 is 10.3 Å². The van der Waals surface area contributed by atoms with Crippen molar-refractivity contribution >= 4 is 17.3 Å². The Hall–Kier alpha value is -2.40. The molecule has 0 aliphatic carbocycles. The summed E-state index contributed by atoms with van der Waals surface area (Å²) >= 11 is 0. The predicted molar refractivity (Wildman–Crippen MR) is 78.1 cm³/mol. The molecule has 0 atom stereocenters. The lowest BCUT2D eigenvalue weighted by molar-refractivity contribution is 0.0992. The second kappa shape index (κ2) is 5.71. The summed E-state index contributed by atoms with van der Waals surface area (Å²) < 4.78 is 13.2. The molecule has 0 saturated heterocycles. The zero-order chi connectivity index (χ0) is 14.7. The number of carbonyl (C=O) groups is 1. The maximum absolute atomic E-state index is 13.2. The molecule has 0 heterocycles. The highest BCUT2D eigenvalue weighted by atomic mass is 19.1. The van der Waals surface area contributed by atoms with E-state index in [4.69, 9.17) is 5.84 Å². The average molecular weight is 273 g/mol. The van der Waals surface area contributed by atoms with Gasteiger partial charge in [0.15, 0.2) is 0 Å². The summed E-state index contributed by atoms with van der Waals surface area (Å²) in [5.41, 5.74) is 5.12. The van der Waals surface area contributed by atoms with Gasteiger partial charge in [-0.05, 0) is 48.9 Å². The highest BCUT2D eigenvalue weighted by Gasteiger charge is 2.16. The van der Waals surface area contributed by atoms with Gasteiger partial charge in [0.1, 0.15) is 5.82 Å². The van der Waals surface area contributed by atoms with Crippen molar-refractivity contribution in [2.24, 2.45) is 5.84 Å². The van der Waals surface area contributed by atoms with Crippen LogP contribution in [0.2, 0.25) is 0 Å². The number of nitrogens with zero attached hydrogens (tertiary/aromatic N) is 1. The lowest BCUT2D eigenvalue weighted by atomic mass is 10.1. The van der Waals surface area contributed by atoms with Crippen molar-refractivity contribution in [3.63, 3.8) is 0 Å². The summed E-state index contributed by atoms with van der Waals surface area (Å²) in [7, 11) is 1.62. The maximum atomic E-state index is 13.2. The number of anilines is 2. The number of amides is 1. The van der Waals surface area contributed by atoms with Gasteiger partial charge in [-0.25, -0.2) is 4.39 Å². The van der Waals surface area contributed by atoms with Crippen molar-refractivity contribution in [3.05, 3.63) is 59.4 Å². The Kier molecular flexibility index (Phi) is 4.00. The van der Waals surface area contributed by atoms with Gasteiger partial charge in [-0.1, -0.05) is 6.07 Å². The number of hydrogen-bond donors (Lipinski definition) is 2. The van der Waals surface area contributed by atoms with Crippen molar-refractivity contribution in [3.8, 4) is 0 Å². The van der Waals surface area contributed by atoms with Gasteiger partial charge in [-0.15, -0.1) is 0 Å². The van der Waals surface area contributed by atoms with E-state index < -0.39 is 0 Å². The zero-order valence-corrected chi connectivity index (χ0v) is 11.4. The van der Waals surface area contributed by atoms with E-state index in [0.717, 1.165) is 11.3 Å². The van der Waals surface area contributed by atoms with Crippen molar-refractivity contribution < 1.29 is 9.18 Å². The van der Waals surface area contributed by atoms with Crippen molar-refractivity contribution in [2.45, 2.75) is 6.92 Å². The van der Waals surface area contributed by atoms with E-state index in [2.05, 4.69) is 5.43 Å². The van der Waals surface area contributed by atoms with Crippen LogP contribution in [-0.2, 0) is 0 Å². The molecule has 0 spiro atoms. The Morgan fingerprint density at radius 2 is 2.00 bits per heavy atom. The highest BCUT2D eigenvalue weighted by molar-refractivity contribution is 6.06. The van der Waals surface area contributed by atoms with Gasteiger partial charge in [-0.3, -0.25) is 10.6 Å². The van der Waals surface area contributed by atoms with Crippen molar-refractivity contribution in [1.29, 1.82) is 0 Å². The molecule has 20 heavy (non-hydrogen) atoms. The fourth-order valence-electron chi connectivity index (χ4n) is 1.98. The third kappa shape index (κ3) is 2.78. The Bertz CT molecular complexity index is 643. The first-order valence-corrected chi connectivity index (χ1v) is 6.14. The molecule has 104 valence electrons. The summed E-state index contributed by atoms with van der Waals surface area (Å²) in [5, 5.41) is 0. The second-order valence-electron chi connectivity index (χ2n) is 4.52. The molecule has 0 radical (unpaired) electrons. The molecule has 0 aromatic heterocycles. The van der Waals surface area contributed by atoms with Crippen LogP contribution in [-0.4, -0.2) is 13.0 Å². The van der Waals surface area contributed by atoms with E-state index in [1.807, 2.05) is 6.92 Å². The van der Waals surface area contributed by atoms with E-state index in [1.54, 1.807) is 37.4 Å². The fourth-order valence-corrected chi connectivity index (χ4v) is 1.98. The molecule has 2 aromatic rings. The first-order chi connectivity index (χ1) is 9.52. The molecule has 1 amide bonds. The summed E-state index contributed by atoms with van der Waals surface area (Å²) in [6.07, 6.45) is 0. The molecule has 0 unspecified atom stereocenters. The van der Waals surface area contributed by atoms with E-state index in [1.165, 1.54) is 17.0 Å². The molecular formula is C15H16FN3O. The van der Waals surface area contributed by atoms with E-state index in [-0.39, 0.29) is 11.7 Å². The molecule has 0 aliphatic heterocycles. The third-order valence-corrected chi connectivity index (χ3v) is 3.12. The van der Waals surface area contributed by atoms with Crippen LogP contribution >= 0.6 is 0 Å². The Balaban J connectivity index is 2.31. The van der Waals surface area contributed by atoms with Crippen molar-refractivity contribution in [1.82, 2.24) is 0 Å². The van der Waals surface area contributed by atoms with Crippen LogP contribution < -0.4 is 16.2 Å². The van der Waals surface area contributed by atoms with Crippen LogP contribution in [0.25, 0.3) is 0 Å². The summed E-state index contributed by atoms with van der Waals surface area (Å²) in [5.74, 6) is 4.75. The number of nitrogens with two attached hydrogens (primary N) is 1. The van der Waals surface area contributed by atoms with Gasteiger partial charge in [0.2, 0.25) is 0 Å². The van der Waals surface area contributed by atoms with E-state index in [0.29, 0.717) is 11.3 Å². The van der Waals surface area contributed by atoms with Gasteiger partial charge in [-0.2, -0.15) is 0 Å². The number of hydrogen-bond acceptors (Lipinski definition) is 3. The van der Waals surface area contributed by atoms with Crippen LogP contribution in [0.3, 0.4) is 0 Å². The number of nitrogen functional groups attached to an aromatic ring is 1. The smallest absolute Gasteiger partial charge is 0.258 e. The van der Waals surface area contributed by atoms with E-state index in [9.17, 15) is 9.18 Å². The van der Waals surface area contributed by atoms with E-state index >= 15 is 0 Å². The number of benzene rings is 2. The number of aryl methyl sites for hydroxylation is 1. The Labute approximate surface area is 117 Å². The Morgan fingerprint density at radius 3 is 2.60 bits per heavy atom. The SMILES string of the molecule is Cc1cc(NN)ccc1C(=O)N(C)c1cccc(F)c1. The number of hydrazine groups is 1. The molecule has 0 aliphatic rings. The number of carbonyl (C=O) groups excluding carboxylic acids is 1. The minimum Gasteiger partial charge on any atom is -0.324 e. The third-order valence-electron chi connectivity index (χ3n) is 3.12. The van der Waals surface area contributed by atoms with Crippen molar-refractivity contribution in [2.75, 3.05) is 17.4 Å². The maximum Gasteiger partial charge on any atom is 0.258 e. The largest absolute Gasteiger partial charge is 0.324 e. The molecule has 3 N–H and O–H groups in total. The molecule has 0 saturated carbocycles. The first-order valence-electron chi connectivity index (χ1n) is 6.14. The standard InChI is InChI=1S/C15H16FN3O/c1-10-8-12(18-17)6-7-14(10)15(20)19(2)13-5-3-4-11(16)9-13/h3-9,18H,17H2,1-2H3.